The molecule has 0 bridgehead atoms. The van der Waals surface area contributed by atoms with Gasteiger partial charge in [0.1, 0.15) is 6.61 Å². The monoisotopic (exact) mass is 292 g/mol. The van der Waals surface area contributed by atoms with Crippen molar-refractivity contribution < 1.29 is 9.53 Å². The van der Waals surface area contributed by atoms with E-state index in [-0.39, 0.29) is 12.5 Å². The molecule has 1 aliphatic rings. The summed E-state index contributed by atoms with van der Waals surface area (Å²) in [5.41, 5.74) is 3.55. The minimum absolute atomic E-state index is 0.0531. The van der Waals surface area contributed by atoms with E-state index in [0.29, 0.717) is 5.02 Å². The van der Waals surface area contributed by atoms with Crippen LogP contribution in [0.4, 0.5) is 4.79 Å². The van der Waals surface area contributed by atoms with Crippen LogP contribution in [0, 0.1) is 0 Å². The molecule has 1 atom stereocenters. The molecule has 1 unspecified atom stereocenters. The van der Waals surface area contributed by atoms with Crippen LogP contribution in [0.1, 0.15) is 17.0 Å². The highest BCUT2D eigenvalue weighted by Gasteiger charge is 2.31. The normalized spacial score (nSPS) is 15.8. The van der Waals surface area contributed by atoms with Crippen LogP contribution in [0.5, 0.6) is 0 Å². The van der Waals surface area contributed by atoms with E-state index in [4.69, 9.17) is 27.9 Å². The van der Waals surface area contributed by atoms with Crippen molar-refractivity contribution in [3.8, 4) is 11.1 Å². The Balaban J connectivity index is 2.12. The molecule has 0 radical (unpaired) electrons. The summed E-state index contributed by atoms with van der Waals surface area (Å²) in [4.78, 5) is 10.8. The number of benzene rings is 2. The van der Waals surface area contributed by atoms with E-state index in [0.717, 1.165) is 22.3 Å². The molecule has 4 heteroatoms. The topological polar surface area (TPSA) is 26.3 Å². The van der Waals surface area contributed by atoms with Gasteiger partial charge in [-0.1, -0.05) is 48.0 Å². The molecule has 19 heavy (non-hydrogen) atoms. The maximum absolute atomic E-state index is 10.8. The van der Waals surface area contributed by atoms with Crippen LogP contribution in [0.2, 0.25) is 5.02 Å². The molecule has 0 spiro atoms. The molecule has 2 aromatic rings. The van der Waals surface area contributed by atoms with Gasteiger partial charge in [0.25, 0.3) is 0 Å². The second kappa shape index (κ2) is 4.87. The van der Waals surface area contributed by atoms with Gasteiger partial charge in [-0.15, -0.1) is 0 Å². The molecule has 0 saturated heterocycles. The fourth-order valence-corrected chi connectivity index (χ4v) is 3.02. The van der Waals surface area contributed by atoms with Gasteiger partial charge in [0.2, 0.25) is 0 Å². The van der Waals surface area contributed by atoms with Gasteiger partial charge in [-0.3, -0.25) is 0 Å². The number of carbonyl (C=O) groups excluding carboxylic acids is 1. The number of fused-ring (bicyclic) bond motifs is 3. The first-order valence-electron chi connectivity index (χ1n) is 5.88. The molecular formula is C15H10Cl2O2. The first-order valence-corrected chi connectivity index (χ1v) is 6.64. The van der Waals surface area contributed by atoms with Crippen molar-refractivity contribution >= 4 is 28.6 Å². The molecule has 1 aliphatic carbocycles. The Bertz CT molecular complexity index is 652. The molecule has 0 aromatic heterocycles. The summed E-state index contributed by atoms with van der Waals surface area (Å²) in [5, 5.41) is 0.685. The summed E-state index contributed by atoms with van der Waals surface area (Å²) >= 11 is 11.6. The largest absolute Gasteiger partial charge is 0.453 e. The summed E-state index contributed by atoms with van der Waals surface area (Å²) in [7, 11) is 0. The molecule has 0 N–H and O–H groups in total. The minimum atomic E-state index is -0.794. The number of hydrogen-bond donors (Lipinski definition) is 0. The van der Waals surface area contributed by atoms with Gasteiger partial charge in [0.05, 0.1) is 0 Å². The van der Waals surface area contributed by atoms with Gasteiger partial charge >= 0.3 is 5.43 Å². The summed E-state index contributed by atoms with van der Waals surface area (Å²) in [6.07, 6.45) is 0. The number of hydrogen-bond acceptors (Lipinski definition) is 2. The average Bonchev–Trinajstić information content (AvgIpc) is 2.72. The third kappa shape index (κ3) is 2.11. The average molecular weight is 293 g/mol. The molecule has 0 fully saturated rings. The fraction of sp³-hybridized carbons (Fsp3) is 0.133. The first-order chi connectivity index (χ1) is 9.18. The Hall–Kier alpha value is -1.51. The molecular weight excluding hydrogens is 283 g/mol. The molecule has 0 heterocycles. The standard InChI is InChI=1S/C15H10Cl2O2/c16-13-7-3-6-11-9-4-1-2-5-10(9)12(14(11)13)8-19-15(17)18/h1-7,12H,8H2. The highest BCUT2D eigenvalue weighted by Crippen LogP contribution is 2.47. The molecule has 0 aliphatic heterocycles. The second-order valence-electron chi connectivity index (χ2n) is 4.39. The third-order valence-electron chi connectivity index (χ3n) is 3.39. The van der Waals surface area contributed by atoms with Crippen molar-refractivity contribution in [2.45, 2.75) is 5.92 Å². The molecule has 2 aromatic carbocycles. The SMILES string of the molecule is O=C(Cl)OCC1c2ccccc2-c2cccc(Cl)c21. The highest BCUT2D eigenvalue weighted by atomic mass is 35.5. The van der Waals surface area contributed by atoms with E-state index in [1.807, 2.05) is 42.5 Å². The van der Waals surface area contributed by atoms with Crippen molar-refractivity contribution in [3.63, 3.8) is 0 Å². The number of carbonyl (C=O) groups is 1. The van der Waals surface area contributed by atoms with E-state index in [9.17, 15) is 4.79 Å². The van der Waals surface area contributed by atoms with Crippen LogP contribution in [0.15, 0.2) is 42.5 Å². The highest BCUT2D eigenvalue weighted by molar-refractivity contribution is 6.61. The van der Waals surface area contributed by atoms with Crippen molar-refractivity contribution in [1.29, 1.82) is 0 Å². The first kappa shape index (κ1) is 12.5. The lowest BCUT2D eigenvalue weighted by Gasteiger charge is -2.13. The Morgan fingerprint density at radius 1 is 1.11 bits per heavy atom. The van der Waals surface area contributed by atoms with Gasteiger partial charge < -0.3 is 4.74 Å². The lowest BCUT2D eigenvalue weighted by Crippen LogP contribution is -2.08. The van der Waals surface area contributed by atoms with Crippen LogP contribution >= 0.6 is 23.2 Å². The Labute approximate surface area is 120 Å². The fourth-order valence-electron chi connectivity index (χ4n) is 2.65. The van der Waals surface area contributed by atoms with Crippen molar-refractivity contribution in [2.24, 2.45) is 0 Å². The van der Waals surface area contributed by atoms with E-state index in [1.165, 1.54) is 0 Å². The van der Waals surface area contributed by atoms with Crippen LogP contribution < -0.4 is 0 Å². The van der Waals surface area contributed by atoms with Gasteiger partial charge in [-0.05, 0) is 28.3 Å². The van der Waals surface area contributed by atoms with Crippen molar-refractivity contribution in [3.05, 3.63) is 58.6 Å². The number of rotatable bonds is 2. The van der Waals surface area contributed by atoms with Crippen LogP contribution in [0.3, 0.4) is 0 Å². The van der Waals surface area contributed by atoms with E-state index in [1.54, 1.807) is 0 Å². The minimum Gasteiger partial charge on any atom is -0.453 e. The van der Waals surface area contributed by atoms with Gasteiger partial charge in [0, 0.05) is 22.5 Å². The van der Waals surface area contributed by atoms with Crippen LogP contribution in [0.25, 0.3) is 11.1 Å². The zero-order valence-electron chi connectivity index (χ0n) is 9.90. The maximum Gasteiger partial charge on any atom is 0.403 e. The smallest absolute Gasteiger partial charge is 0.403 e. The van der Waals surface area contributed by atoms with Crippen molar-refractivity contribution in [1.82, 2.24) is 0 Å². The van der Waals surface area contributed by atoms with Gasteiger partial charge in [-0.2, -0.15) is 0 Å². The maximum atomic E-state index is 10.8. The number of ether oxygens (including phenoxy) is 1. The predicted octanol–water partition coefficient (Wildman–Crippen LogP) is 4.83. The van der Waals surface area contributed by atoms with Crippen LogP contribution in [-0.4, -0.2) is 12.0 Å². The van der Waals surface area contributed by atoms with Crippen molar-refractivity contribution in [2.75, 3.05) is 6.61 Å². The lowest BCUT2D eigenvalue weighted by molar-refractivity contribution is 0.170. The zero-order chi connectivity index (χ0) is 13.4. The Kier molecular flexibility index (Phi) is 3.21. The summed E-state index contributed by atoms with van der Waals surface area (Å²) in [6, 6.07) is 13.8. The molecule has 0 amide bonds. The van der Waals surface area contributed by atoms with Gasteiger partial charge in [0.15, 0.2) is 0 Å². The summed E-state index contributed by atoms with van der Waals surface area (Å²) in [5.74, 6) is -0.0531. The summed E-state index contributed by atoms with van der Waals surface area (Å²) in [6.45, 7) is 0.204. The Morgan fingerprint density at radius 2 is 1.84 bits per heavy atom. The van der Waals surface area contributed by atoms with Gasteiger partial charge in [-0.25, -0.2) is 4.79 Å². The van der Waals surface area contributed by atoms with Crippen LogP contribution in [-0.2, 0) is 4.74 Å². The molecule has 0 saturated carbocycles. The Morgan fingerprint density at radius 3 is 2.63 bits per heavy atom. The summed E-state index contributed by atoms with van der Waals surface area (Å²) < 4.78 is 4.96. The molecule has 2 nitrogen and oxygen atoms in total. The third-order valence-corrected chi connectivity index (χ3v) is 3.83. The molecule has 3 rings (SSSR count). The number of halogens is 2. The zero-order valence-corrected chi connectivity index (χ0v) is 11.4. The lowest BCUT2D eigenvalue weighted by atomic mass is 9.98. The quantitative estimate of drug-likeness (QED) is 0.741. The van der Waals surface area contributed by atoms with E-state index >= 15 is 0 Å². The molecule has 96 valence electrons. The van der Waals surface area contributed by atoms with E-state index in [2.05, 4.69) is 0 Å². The predicted molar refractivity (Wildman–Crippen MR) is 75.9 cm³/mol. The second-order valence-corrected chi connectivity index (χ2v) is 5.11. The van der Waals surface area contributed by atoms with E-state index < -0.39 is 5.43 Å².